The van der Waals surface area contributed by atoms with Crippen molar-refractivity contribution in [3.05, 3.63) is 11.8 Å². The second-order valence-corrected chi connectivity index (χ2v) is 10.9. The topological polar surface area (TPSA) is 68.6 Å². The van der Waals surface area contributed by atoms with E-state index < -0.39 is 0 Å². The highest BCUT2D eigenvalue weighted by atomic mass is 16.5. The van der Waals surface area contributed by atoms with Gasteiger partial charge in [-0.2, -0.15) is 5.10 Å². The Kier molecular flexibility index (Phi) is 7.15. The predicted octanol–water partition coefficient (Wildman–Crippen LogP) is 3.73. The van der Waals surface area contributed by atoms with Gasteiger partial charge in [-0.3, -0.25) is 9.69 Å². The minimum atomic E-state index is -0.0691. The third-order valence-corrected chi connectivity index (χ3v) is 8.25. The van der Waals surface area contributed by atoms with E-state index in [2.05, 4.69) is 43.0 Å². The summed E-state index contributed by atoms with van der Waals surface area (Å²) in [7, 11) is 0. The van der Waals surface area contributed by atoms with Crippen molar-refractivity contribution in [1.82, 2.24) is 20.0 Å². The number of nitrogens with zero attached hydrogens (tertiary/aromatic N) is 3. The first kappa shape index (κ1) is 23.6. The molecule has 0 spiro atoms. The molecule has 4 rings (SSSR count). The van der Waals surface area contributed by atoms with Crippen LogP contribution in [0.25, 0.3) is 0 Å². The second kappa shape index (κ2) is 9.72. The minimum absolute atomic E-state index is 0.0691. The Morgan fingerprint density at radius 1 is 1.25 bits per heavy atom. The zero-order valence-corrected chi connectivity index (χ0v) is 20.5. The summed E-state index contributed by atoms with van der Waals surface area (Å²) < 4.78 is 13.4. The molecule has 2 saturated carbocycles. The Hall–Kier alpha value is -1.60. The van der Waals surface area contributed by atoms with Crippen LogP contribution in [0.15, 0.2) is 6.07 Å². The lowest BCUT2D eigenvalue weighted by atomic mass is 9.68. The number of unbranched alkanes of at least 4 members (excludes halogenated alkanes) is 2. The van der Waals surface area contributed by atoms with Crippen LogP contribution in [0.5, 0.6) is 5.88 Å². The van der Waals surface area contributed by atoms with Gasteiger partial charge >= 0.3 is 0 Å². The molecule has 2 aliphatic carbocycles. The van der Waals surface area contributed by atoms with Crippen LogP contribution in [0.4, 0.5) is 0 Å². The number of morpholine rings is 1. The fraction of sp³-hybridized carbons (Fsp3) is 0.840. The first-order valence-electron chi connectivity index (χ1n) is 12.6. The lowest BCUT2D eigenvalue weighted by Crippen LogP contribution is -2.52. The van der Waals surface area contributed by atoms with Crippen molar-refractivity contribution in [1.29, 1.82) is 0 Å². The third kappa shape index (κ3) is 4.84. The molecule has 3 atom stereocenters. The van der Waals surface area contributed by atoms with Crippen molar-refractivity contribution in [2.75, 3.05) is 39.5 Å². The second-order valence-electron chi connectivity index (χ2n) is 10.9. The Bertz CT molecular complexity index is 781. The zero-order chi connectivity index (χ0) is 22.8. The predicted molar refractivity (Wildman–Crippen MR) is 125 cm³/mol. The summed E-state index contributed by atoms with van der Waals surface area (Å²) in [6.07, 6.45) is 7.01. The smallest absolute Gasteiger partial charge is 0.272 e. The molecule has 7 nitrogen and oxygen atoms in total. The van der Waals surface area contributed by atoms with Crippen LogP contribution >= 0.6 is 0 Å². The maximum Gasteiger partial charge on any atom is 0.272 e. The van der Waals surface area contributed by atoms with Gasteiger partial charge in [0.25, 0.3) is 5.91 Å². The lowest BCUT2D eigenvalue weighted by molar-refractivity contribution is 0.0356. The highest BCUT2D eigenvalue weighted by Crippen LogP contribution is 2.62. The van der Waals surface area contributed by atoms with Gasteiger partial charge in [0.15, 0.2) is 5.69 Å². The fourth-order valence-electron chi connectivity index (χ4n) is 6.24. The van der Waals surface area contributed by atoms with Gasteiger partial charge in [-0.1, -0.05) is 40.5 Å². The van der Waals surface area contributed by atoms with Crippen LogP contribution in [0.1, 0.15) is 76.7 Å². The van der Waals surface area contributed by atoms with Crippen molar-refractivity contribution in [3.63, 3.8) is 0 Å². The van der Waals surface area contributed by atoms with Gasteiger partial charge in [-0.25, -0.2) is 4.68 Å². The van der Waals surface area contributed by atoms with Gasteiger partial charge in [0, 0.05) is 31.7 Å². The molecule has 32 heavy (non-hydrogen) atoms. The van der Waals surface area contributed by atoms with Gasteiger partial charge in [0.2, 0.25) is 5.88 Å². The number of ether oxygens (including phenoxy) is 2. The zero-order valence-electron chi connectivity index (χ0n) is 20.5. The molecule has 0 radical (unpaired) electrons. The first-order valence-corrected chi connectivity index (χ1v) is 12.6. The van der Waals surface area contributed by atoms with Gasteiger partial charge < -0.3 is 14.8 Å². The van der Waals surface area contributed by atoms with Crippen molar-refractivity contribution in [2.45, 2.75) is 78.8 Å². The number of fused-ring (bicyclic) bond motifs is 2. The maximum atomic E-state index is 13.3. The molecular formula is C25H42N4O3. The molecule has 3 aliphatic rings. The van der Waals surface area contributed by atoms with E-state index in [1.165, 1.54) is 19.3 Å². The van der Waals surface area contributed by atoms with E-state index in [0.29, 0.717) is 30.6 Å². The van der Waals surface area contributed by atoms with Gasteiger partial charge in [0.1, 0.15) is 0 Å². The average Bonchev–Trinajstić information content (AvgIpc) is 3.42. The largest absolute Gasteiger partial charge is 0.478 e. The summed E-state index contributed by atoms with van der Waals surface area (Å²) in [5.41, 5.74) is 0.795. The van der Waals surface area contributed by atoms with Gasteiger partial charge in [0.05, 0.1) is 26.4 Å². The standard InChI is InChI=1S/C25H42N4O3/c1-5-6-7-14-32-21-17-20(27-29(21)11-10-28-12-15-31-16-13-28)22(30)26-23-24(2,3)19-8-9-25(23,4)18-19/h17,19,23H,5-16,18H2,1-4H3,(H,26,30)/t19-,23?,25?/m0/s1. The molecule has 0 aromatic carbocycles. The SMILES string of the molecule is CCCCCOc1cc(C(=O)NC2C3(C)CC[C@@H](C3)C2(C)C)nn1CCN1CCOCC1. The van der Waals surface area contributed by atoms with Crippen molar-refractivity contribution >= 4 is 5.91 Å². The molecule has 2 unspecified atom stereocenters. The van der Waals surface area contributed by atoms with E-state index in [0.717, 1.165) is 52.1 Å². The Balaban J connectivity index is 1.44. The fourth-order valence-corrected chi connectivity index (χ4v) is 6.24. The van der Waals surface area contributed by atoms with Crippen molar-refractivity contribution in [2.24, 2.45) is 16.7 Å². The van der Waals surface area contributed by atoms with E-state index >= 15 is 0 Å². The number of carbonyl (C=O) groups excluding carboxylic acids is 1. The first-order chi connectivity index (χ1) is 15.3. The number of amides is 1. The molecule has 1 aliphatic heterocycles. The highest BCUT2D eigenvalue weighted by molar-refractivity contribution is 5.93. The third-order valence-electron chi connectivity index (χ3n) is 8.25. The summed E-state index contributed by atoms with van der Waals surface area (Å²) >= 11 is 0. The summed E-state index contributed by atoms with van der Waals surface area (Å²) in [6, 6.07) is 2.03. The highest BCUT2D eigenvalue weighted by Gasteiger charge is 2.59. The molecule has 1 N–H and O–H groups in total. The number of rotatable bonds is 10. The summed E-state index contributed by atoms with van der Waals surface area (Å²) in [5.74, 6) is 1.33. The molecule has 3 fully saturated rings. The Morgan fingerprint density at radius 2 is 2.03 bits per heavy atom. The van der Waals surface area contributed by atoms with Crippen molar-refractivity contribution in [3.8, 4) is 5.88 Å². The van der Waals surface area contributed by atoms with Gasteiger partial charge in [-0.05, 0) is 42.4 Å². The van der Waals surface area contributed by atoms with Crippen LogP contribution in [-0.4, -0.2) is 66.1 Å². The summed E-state index contributed by atoms with van der Waals surface area (Å²) in [4.78, 5) is 15.7. The molecule has 2 bridgehead atoms. The van der Waals surface area contributed by atoms with E-state index in [4.69, 9.17) is 9.47 Å². The van der Waals surface area contributed by atoms with Crippen LogP contribution in [0.3, 0.4) is 0 Å². The summed E-state index contributed by atoms with van der Waals surface area (Å²) in [5, 5.41) is 8.07. The number of nitrogens with one attached hydrogen (secondary N) is 1. The average molecular weight is 447 g/mol. The normalized spacial score (nSPS) is 29.4. The molecule has 180 valence electrons. The molecule has 2 heterocycles. The van der Waals surface area contributed by atoms with Crippen molar-refractivity contribution < 1.29 is 14.3 Å². The molecule has 1 saturated heterocycles. The Morgan fingerprint density at radius 3 is 2.72 bits per heavy atom. The number of carbonyl (C=O) groups is 1. The van der Waals surface area contributed by atoms with Crippen LogP contribution in [0, 0.1) is 16.7 Å². The molecule has 1 aromatic rings. The van der Waals surface area contributed by atoms with Gasteiger partial charge in [-0.15, -0.1) is 0 Å². The summed E-state index contributed by atoms with van der Waals surface area (Å²) in [6.45, 7) is 14.9. The molecule has 1 amide bonds. The van der Waals surface area contributed by atoms with E-state index in [1.54, 1.807) is 0 Å². The van der Waals surface area contributed by atoms with E-state index in [9.17, 15) is 4.79 Å². The quantitative estimate of drug-likeness (QED) is 0.555. The molecule has 1 aromatic heterocycles. The Labute approximate surface area is 193 Å². The number of hydrogen-bond acceptors (Lipinski definition) is 5. The lowest BCUT2D eigenvalue weighted by Gasteiger charge is -2.42. The monoisotopic (exact) mass is 446 g/mol. The number of hydrogen-bond donors (Lipinski definition) is 1. The van der Waals surface area contributed by atoms with Crippen LogP contribution < -0.4 is 10.1 Å². The molecular weight excluding hydrogens is 404 g/mol. The van der Waals surface area contributed by atoms with E-state index in [-0.39, 0.29) is 22.8 Å². The van der Waals surface area contributed by atoms with Crippen LogP contribution in [-0.2, 0) is 11.3 Å². The van der Waals surface area contributed by atoms with E-state index in [1.807, 2.05) is 10.7 Å². The number of aromatic nitrogens is 2. The minimum Gasteiger partial charge on any atom is -0.478 e. The molecule has 7 heteroatoms. The maximum absolute atomic E-state index is 13.3. The van der Waals surface area contributed by atoms with Crippen LogP contribution in [0.2, 0.25) is 0 Å².